The normalized spacial score (nSPS) is 23.5. The molecule has 41 heavy (non-hydrogen) atoms. The summed E-state index contributed by atoms with van der Waals surface area (Å²) in [5, 5.41) is 2.03. The Balaban J connectivity index is 1.27. The van der Waals surface area contributed by atoms with Crippen LogP contribution in [0.4, 0.5) is 0 Å². The lowest BCUT2D eigenvalue weighted by molar-refractivity contribution is -0.152. The van der Waals surface area contributed by atoms with Gasteiger partial charge >= 0.3 is 0 Å². The van der Waals surface area contributed by atoms with E-state index in [0.29, 0.717) is 51.1 Å². The fraction of sp³-hybridized carbons (Fsp3) is 0.438. The molecule has 0 unspecified atom stereocenters. The van der Waals surface area contributed by atoms with Crippen molar-refractivity contribution in [3.05, 3.63) is 73.1 Å². The van der Waals surface area contributed by atoms with Gasteiger partial charge in [0.1, 0.15) is 46.9 Å². The quantitative estimate of drug-likeness (QED) is 0.327. The van der Waals surface area contributed by atoms with Gasteiger partial charge < -0.3 is 33.2 Å². The first kappa shape index (κ1) is 29.2. The lowest BCUT2D eigenvalue weighted by Gasteiger charge is -2.33. The molecule has 2 aromatic carbocycles. The Morgan fingerprint density at radius 3 is 1.51 bits per heavy atom. The molecule has 2 atom stereocenters. The predicted molar refractivity (Wildman–Crippen MR) is 156 cm³/mol. The fourth-order valence-corrected chi connectivity index (χ4v) is 4.59. The van der Waals surface area contributed by atoms with E-state index in [1.807, 2.05) is 74.5 Å². The zero-order valence-electron chi connectivity index (χ0n) is 23.8. The van der Waals surface area contributed by atoms with Crippen LogP contribution in [0.5, 0.6) is 11.5 Å². The number of fused-ring (bicyclic) bond motifs is 2. The van der Waals surface area contributed by atoms with E-state index in [4.69, 9.17) is 33.2 Å². The van der Waals surface area contributed by atoms with Gasteiger partial charge in [0.05, 0.1) is 52.9 Å². The Bertz CT molecular complexity index is 1290. The molecule has 0 spiro atoms. The molecule has 9 heteroatoms. The first-order valence-corrected chi connectivity index (χ1v) is 14.0. The summed E-state index contributed by atoms with van der Waals surface area (Å²) in [6.07, 6.45) is 3.53. The van der Waals surface area contributed by atoms with E-state index in [-0.39, 0.29) is 26.4 Å². The van der Waals surface area contributed by atoms with Gasteiger partial charge in [-0.25, -0.2) is 0 Å². The number of nitrogens with zero attached hydrogens (tertiary/aromatic N) is 2. The minimum absolute atomic E-state index is 0.265. The minimum Gasteiger partial charge on any atom is -0.488 e. The summed E-state index contributed by atoms with van der Waals surface area (Å²) in [5.74, 6) is 1.39. The van der Waals surface area contributed by atoms with Crippen LogP contribution in [0.3, 0.4) is 0 Å². The topological polar surface area (TPSA) is 90.4 Å². The summed E-state index contributed by atoms with van der Waals surface area (Å²) in [4.78, 5) is 9.00. The summed E-state index contributed by atoms with van der Waals surface area (Å²) < 4.78 is 42.7. The molecule has 0 amide bonds. The van der Waals surface area contributed by atoms with E-state index in [1.165, 1.54) is 0 Å². The molecule has 0 saturated carbocycles. The van der Waals surface area contributed by atoms with Crippen molar-refractivity contribution < 1.29 is 33.2 Å². The van der Waals surface area contributed by atoms with E-state index < -0.39 is 11.2 Å². The van der Waals surface area contributed by atoms with Gasteiger partial charge in [0.2, 0.25) is 0 Å². The van der Waals surface area contributed by atoms with E-state index in [9.17, 15) is 0 Å². The molecule has 4 aromatic rings. The SMILES string of the molecule is C[C@]1(COc2cccc3cccnc23)COC[C@](C)(COc2cccc3cccnc23)OCCOCCOCCO1. The zero-order valence-corrected chi connectivity index (χ0v) is 23.8. The number of para-hydroxylation sites is 2. The van der Waals surface area contributed by atoms with Crippen LogP contribution in [-0.4, -0.2) is 87.2 Å². The zero-order chi connectivity index (χ0) is 28.4. The second-order valence-corrected chi connectivity index (χ2v) is 10.6. The van der Waals surface area contributed by atoms with Crippen LogP contribution >= 0.6 is 0 Å². The molecular weight excluding hydrogens is 524 g/mol. The van der Waals surface area contributed by atoms with Gasteiger partial charge in [0.25, 0.3) is 0 Å². The second-order valence-electron chi connectivity index (χ2n) is 10.6. The molecular formula is C32H38N2O7. The van der Waals surface area contributed by atoms with Gasteiger partial charge in [-0.2, -0.15) is 0 Å². The van der Waals surface area contributed by atoms with Crippen molar-refractivity contribution >= 4 is 21.8 Å². The summed E-state index contributed by atoms with van der Waals surface area (Å²) in [6.45, 7) is 7.64. The molecule has 218 valence electrons. The van der Waals surface area contributed by atoms with Crippen molar-refractivity contribution in [3.8, 4) is 11.5 Å². The van der Waals surface area contributed by atoms with E-state index in [2.05, 4.69) is 9.97 Å². The Labute approximate surface area is 240 Å². The standard InChI is InChI=1S/C32H38N2O7/c1-31(23-38-27-11-3-7-25-9-5-13-33-29(25)27)21-37-22-32(2,41-20-18-36-16-15-35-17-19-40-31)24-39-28-12-4-8-26-10-6-14-34-30(26)28/h3-14H,15-24H2,1-2H3/t31-,32-/m1/s1. The Hall–Kier alpha value is -3.34. The fourth-order valence-electron chi connectivity index (χ4n) is 4.59. The Kier molecular flexibility index (Phi) is 9.97. The van der Waals surface area contributed by atoms with Crippen LogP contribution in [0, 0.1) is 0 Å². The smallest absolute Gasteiger partial charge is 0.145 e. The van der Waals surface area contributed by atoms with Crippen molar-refractivity contribution in [1.82, 2.24) is 9.97 Å². The highest BCUT2D eigenvalue weighted by Gasteiger charge is 2.32. The van der Waals surface area contributed by atoms with Crippen LogP contribution in [0.15, 0.2) is 73.1 Å². The van der Waals surface area contributed by atoms with Gasteiger partial charge in [-0.3, -0.25) is 9.97 Å². The highest BCUT2D eigenvalue weighted by atomic mass is 16.6. The second kappa shape index (κ2) is 14.0. The number of pyridine rings is 2. The summed E-state index contributed by atoms with van der Waals surface area (Å²) in [5.41, 5.74) is 0.110. The van der Waals surface area contributed by atoms with Gasteiger partial charge in [-0.15, -0.1) is 0 Å². The number of hydrogen-bond donors (Lipinski definition) is 0. The first-order valence-electron chi connectivity index (χ1n) is 14.0. The third kappa shape index (κ3) is 8.12. The molecule has 0 radical (unpaired) electrons. The van der Waals surface area contributed by atoms with Crippen molar-refractivity contribution in [1.29, 1.82) is 0 Å². The third-order valence-corrected chi connectivity index (χ3v) is 6.80. The van der Waals surface area contributed by atoms with Crippen LogP contribution < -0.4 is 9.47 Å². The average Bonchev–Trinajstić information content (AvgIpc) is 3.00. The first-order chi connectivity index (χ1) is 20.0. The van der Waals surface area contributed by atoms with Crippen molar-refractivity contribution in [2.45, 2.75) is 25.0 Å². The lowest BCUT2D eigenvalue weighted by Crippen LogP contribution is -2.46. The van der Waals surface area contributed by atoms with Crippen molar-refractivity contribution in [2.24, 2.45) is 0 Å². The number of hydrogen-bond acceptors (Lipinski definition) is 9. The van der Waals surface area contributed by atoms with Crippen molar-refractivity contribution in [3.63, 3.8) is 0 Å². The highest BCUT2D eigenvalue weighted by molar-refractivity contribution is 5.84. The molecule has 9 nitrogen and oxygen atoms in total. The maximum atomic E-state index is 6.27. The molecule has 0 N–H and O–H groups in total. The van der Waals surface area contributed by atoms with Crippen LogP contribution in [0.1, 0.15) is 13.8 Å². The van der Waals surface area contributed by atoms with Gasteiger partial charge in [0, 0.05) is 23.2 Å². The molecule has 5 rings (SSSR count). The molecule has 1 fully saturated rings. The molecule has 1 saturated heterocycles. The maximum Gasteiger partial charge on any atom is 0.145 e. The van der Waals surface area contributed by atoms with Gasteiger partial charge in [-0.05, 0) is 38.1 Å². The number of rotatable bonds is 6. The average molecular weight is 563 g/mol. The Morgan fingerprint density at radius 1 is 0.585 bits per heavy atom. The largest absolute Gasteiger partial charge is 0.488 e. The van der Waals surface area contributed by atoms with Gasteiger partial charge in [-0.1, -0.05) is 36.4 Å². The number of benzene rings is 2. The number of ether oxygens (including phenoxy) is 7. The summed E-state index contributed by atoms with van der Waals surface area (Å²) >= 11 is 0. The monoisotopic (exact) mass is 562 g/mol. The van der Waals surface area contributed by atoms with Crippen molar-refractivity contribution in [2.75, 3.05) is 66.1 Å². The minimum atomic E-state index is -0.752. The summed E-state index contributed by atoms with van der Waals surface area (Å²) in [6, 6.07) is 19.6. The Morgan fingerprint density at radius 2 is 1.02 bits per heavy atom. The highest BCUT2D eigenvalue weighted by Crippen LogP contribution is 2.27. The lowest BCUT2D eigenvalue weighted by atomic mass is 10.1. The molecule has 3 heterocycles. The third-order valence-electron chi connectivity index (χ3n) is 6.80. The molecule has 1 aliphatic heterocycles. The number of aromatic nitrogens is 2. The van der Waals surface area contributed by atoms with E-state index >= 15 is 0 Å². The molecule has 0 aliphatic carbocycles. The molecule has 1 aliphatic rings. The van der Waals surface area contributed by atoms with Crippen LogP contribution in [-0.2, 0) is 23.7 Å². The molecule has 0 bridgehead atoms. The van der Waals surface area contributed by atoms with Crippen LogP contribution in [0.25, 0.3) is 21.8 Å². The summed E-state index contributed by atoms with van der Waals surface area (Å²) in [7, 11) is 0. The van der Waals surface area contributed by atoms with E-state index in [0.717, 1.165) is 21.8 Å². The molecule has 2 aromatic heterocycles. The predicted octanol–water partition coefficient (Wildman–Crippen LogP) is 4.85. The van der Waals surface area contributed by atoms with Gasteiger partial charge in [0.15, 0.2) is 0 Å². The van der Waals surface area contributed by atoms with Crippen LogP contribution in [0.2, 0.25) is 0 Å². The maximum absolute atomic E-state index is 6.27. The van der Waals surface area contributed by atoms with E-state index in [1.54, 1.807) is 12.4 Å².